The normalized spacial score (nSPS) is 11.6. The highest BCUT2D eigenvalue weighted by Crippen LogP contribution is 2.24. The van der Waals surface area contributed by atoms with E-state index in [1.807, 2.05) is 26.0 Å². The maximum atomic E-state index is 13.0. The van der Waals surface area contributed by atoms with E-state index < -0.39 is 17.9 Å². The lowest BCUT2D eigenvalue weighted by Crippen LogP contribution is -2.47. The second-order valence-corrected chi connectivity index (χ2v) is 7.68. The summed E-state index contributed by atoms with van der Waals surface area (Å²) in [6.07, 6.45) is -0.778. The van der Waals surface area contributed by atoms with Crippen LogP contribution < -0.4 is 15.6 Å². The van der Waals surface area contributed by atoms with Gasteiger partial charge in [0.1, 0.15) is 16.6 Å². The molecule has 0 saturated heterocycles. The number of amides is 2. The van der Waals surface area contributed by atoms with Crippen LogP contribution in [-0.4, -0.2) is 22.9 Å². The summed E-state index contributed by atoms with van der Waals surface area (Å²) >= 11 is 1.36. The van der Waals surface area contributed by atoms with Gasteiger partial charge in [-0.3, -0.25) is 20.4 Å². The van der Waals surface area contributed by atoms with Crippen LogP contribution >= 0.6 is 11.3 Å². The molecule has 0 aliphatic rings. The summed E-state index contributed by atoms with van der Waals surface area (Å²) in [6.45, 7) is 5.50. The fourth-order valence-corrected chi connectivity index (χ4v) is 3.48. The van der Waals surface area contributed by atoms with Crippen molar-refractivity contribution in [3.63, 3.8) is 0 Å². The molecule has 0 spiro atoms. The molecular formula is C22H22FN3O3S. The van der Waals surface area contributed by atoms with E-state index in [2.05, 4.69) is 15.8 Å². The highest BCUT2D eigenvalue weighted by atomic mass is 32.1. The highest BCUT2D eigenvalue weighted by molar-refractivity contribution is 7.13. The van der Waals surface area contributed by atoms with Gasteiger partial charge in [0.05, 0.1) is 12.1 Å². The lowest BCUT2D eigenvalue weighted by atomic mass is 10.1. The Bertz CT molecular complexity index is 1050. The Morgan fingerprint density at radius 1 is 1.13 bits per heavy atom. The number of carbonyl (C=O) groups is 2. The lowest BCUT2D eigenvalue weighted by Gasteiger charge is -2.17. The van der Waals surface area contributed by atoms with Gasteiger partial charge in [0, 0.05) is 10.9 Å². The van der Waals surface area contributed by atoms with Gasteiger partial charge in [0.15, 0.2) is 6.10 Å². The Morgan fingerprint density at radius 3 is 2.60 bits per heavy atom. The molecule has 2 N–H and O–H groups in total. The molecular weight excluding hydrogens is 405 g/mol. The molecule has 0 saturated carbocycles. The van der Waals surface area contributed by atoms with Gasteiger partial charge in [0.2, 0.25) is 5.91 Å². The zero-order valence-corrected chi connectivity index (χ0v) is 17.7. The second kappa shape index (κ2) is 9.49. The fourth-order valence-electron chi connectivity index (χ4n) is 2.65. The monoisotopic (exact) mass is 427 g/mol. The van der Waals surface area contributed by atoms with Crippen molar-refractivity contribution in [3.8, 4) is 16.3 Å². The second-order valence-electron chi connectivity index (χ2n) is 6.82. The molecule has 30 heavy (non-hydrogen) atoms. The van der Waals surface area contributed by atoms with Gasteiger partial charge in [-0.05, 0) is 62.2 Å². The number of rotatable bonds is 6. The molecule has 0 aliphatic heterocycles. The van der Waals surface area contributed by atoms with Crippen molar-refractivity contribution in [3.05, 3.63) is 70.5 Å². The molecule has 3 rings (SSSR count). The Kier molecular flexibility index (Phi) is 6.79. The summed E-state index contributed by atoms with van der Waals surface area (Å²) in [4.78, 5) is 28.7. The Balaban J connectivity index is 1.50. The number of carbonyl (C=O) groups excluding carboxylic acids is 2. The Morgan fingerprint density at radius 2 is 1.87 bits per heavy atom. The zero-order chi connectivity index (χ0) is 21.7. The van der Waals surface area contributed by atoms with Gasteiger partial charge in [-0.25, -0.2) is 9.37 Å². The standard InChI is InChI=1S/C22H22FN3O3S/c1-13-5-4-6-19(14(13)2)29-15(3)21(28)26-25-20(27)11-18-12-30-22(24-18)16-7-9-17(23)10-8-16/h4-10,12,15H,11H2,1-3H3,(H,25,27)(H,26,28). The summed E-state index contributed by atoms with van der Waals surface area (Å²) in [5, 5.41) is 2.45. The lowest BCUT2D eigenvalue weighted by molar-refractivity contribution is -0.132. The van der Waals surface area contributed by atoms with Gasteiger partial charge >= 0.3 is 0 Å². The molecule has 1 aromatic heterocycles. The molecule has 1 unspecified atom stereocenters. The Hall–Kier alpha value is -3.26. The smallest absolute Gasteiger partial charge is 0.279 e. The maximum Gasteiger partial charge on any atom is 0.279 e. The molecule has 6 nitrogen and oxygen atoms in total. The number of halogens is 1. The van der Waals surface area contributed by atoms with Crippen LogP contribution in [0.15, 0.2) is 47.8 Å². The van der Waals surface area contributed by atoms with E-state index >= 15 is 0 Å². The van der Waals surface area contributed by atoms with Crippen LogP contribution in [0.3, 0.4) is 0 Å². The number of nitrogens with one attached hydrogen (secondary N) is 2. The van der Waals surface area contributed by atoms with Crippen molar-refractivity contribution < 1.29 is 18.7 Å². The van der Waals surface area contributed by atoms with Crippen LogP contribution in [0.5, 0.6) is 5.75 Å². The summed E-state index contributed by atoms with van der Waals surface area (Å²) in [5.74, 6) is -0.561. The fraction of sp³-hybridized carbons (Fsp3) is 0.227. The van der Waals surface area contributed by atoms with Crippen LogP contribution in [-0.2, 0) is 16.0 Å². The third-order valence-electron chi connectivity index (χ3n) is 4.54. The predicted molar refractivity (Wildman–Crippen MR) is 114 cm³/mol. The van der Waals surface area contributed by atoms with Crippen LogP contribution in [0.25, 0.3) is 10.6 Å². The van der Waals surface area contributed by atoms with Crippen molar-refractivity contribution in [2.45, 2.75) is 33.3 Å². The number of hydrogen-bond donors (Lipinski definition) is 2. The van der Waals surface area contributed by atoms with Crippen LogP contribution in [0.1, 0.15) is 23.7 Å². The number of nitrogens with zero attached hydrogens (tertiary/aromatic N) is 1. The molecule has 0 aliphatic carbocycles. The van der Waals surface area contributed by atoms with Gasteiger partial charge in [-0.2, -0.15) is 0 Å². The van der Waals surface area contributed by atoms with E-state index in [1.54, 1.807) is 30.5 Å². The van der Waals surface area contributed by atoms with Crippen molar-refractivity contribution in [2.75, 3.05) is 0 Å². The SMILES string of the molecule is Cc1cccc(OC(C)C(=O)NNC(=O)Cc2csc(-c3ccc(F)cc3)n2)c1C. The van der Waals surface area contributed by atoms with E-state index in [1.165, 1.54) is 23.5 Å². The summed E-state index contributed by atoms with van der Waals surface area (Å²) in [5.41, 5.74) is 8.11. The maximum absolute atomic E-state index is 13.0. The molecule has 156 valence electrons. The quantitative estimate of drug-likeness (QED) is 0.588. The first-order valence-electron chi connectivity index (χ1n) is 9.35. The molecule has 0 fully saturated rings. The first-order valence-corrected chi connectivity index (χ1v) is 10.2. The minimum Gasteiger partial charge on any atom is -0.481 e. The zero-order valence-electron chi connectivity index (χ0n) is 16.9. The molecule has 8 heteroatoms. The third-order valence-corrected chi connectivity index (χ3v) is 5.48. The van der Waals surface area contributed by atoms with Gasteiger partial charge in [-0.1, -0.05) is 12.1 Å². The average Bonchev–Trinajstić information content (AvgIpc) is 3.18. The number of benzene rings is 2. The third kappa shape index (κ3) is 5.42. The first-order chi connectivity index (χ1) is 14.3. The number of aryl methyl sites for hydroxylation is 1. The highest BCUT2D eigenvalue weighted by Gasteiger charge is 2.17. The summed E-state index contributed by atoms with van der Waals surface area (Å²) in [7, 11) is 0. The minimum absolute atomic E-state index is 0.00417. The van der Waals surface area contributed by atoms with E-state index in [0.29, 0.717) is 16.5 Å². The number of hydrogen-bond acceptors (Lipinski definition) is 5. The number of ether oxygens (including phenoxy) is 1. The number of hydrazine groups is 1. The minimum atomic E-state index is -0.782. The van der Waals surface area contributed by atoms with E-state index in [4.69, 9.17) is 4.74 Å². The largest absolute Gasteiger partial charge is 0.481 e. The molecule has 1 heterocycles. The first kappa shape index (κ1) is 21.4. The number of thiazole rings is 1. The van der Waals surface area contributed by atoms with Gasteiger partial charge < -0.3 is 4.74 Å². The molecule has 0 bridgehead atoms. The topological polar surface area (TPSA) is 80.3 Å². The summed E-state index contributed by atoms with van der Waals surface area (Å²) < 4.78 is 18.7. The van der Waals surface area contributed by atoms with E-state index in [-0.39, 0.29) is 12.2 Å². The van der Waals surface area contributed by atoms with Crippen molar-refractivity contribution in [1.29, 1.82) is 0 Å². The summed E-state index contributed by atoms with van der Waals surface area (Å²) in [6, 6.07) is 11.6. The molecule has 2 amide bonds. The van der Waals surface area contributed by atoms with Crippen LogP contribution in [0.2, 0.25) is 0 Å². The van der Waals surface area contributed by atoms with Gasteiger partial charge in [0.25, 0.3) is 5.91 Å². The molecule has 2 aromatic carbocycles. The van der Waals surface area contributed by atoms with E-state index in [9.17, 15) is 14.0 Å². The average molecular weight is 428 g/mol. The van der Waals surface area contributed by atoms with Crippen molar-refractivity contribution in [2.24, 2.45) is 0 Å². The molecule has 0 radical (unpaired) electrons. The molecule has 3 aromatic rings. The molecule has 1 atom stereocenters. The van der Waals surface area contributed by atoms with Crippen molar-refractivity contribution in [1.82, 2.24) is 15.8 Å². The van der Waals surface area contributed by atoms with Crippen LogP contribution in [0.4, 0.5) is 4.39 Å². The van der Waals surface area contributed by atoms with E-state index in [0.717, 1.165) is 16.7 Å². The van der Waals surface area contributed by atoms with Crippen molar-refractivity contribution >= 4 is 23.2 Å². The predicted octanol–water partition coefficient (Wildman–Crippen LogP) is 3.72. The Labute approximate surface area is 178 Å². The number of aromatic nitrogens is 1. The van der Waals surface area contributed by atoms with Crippen LogP contribution in [0, 0.1) is 19.7 Å². The van der Waals surface area contributed by atoms with Gasteiger partial charge in [-0.15, -0.1) is 11.3 Å².